The molecule has 32 heavy (non-hydrogen) atoms. The highest BCUT2D eigenvalue weighted by Gasteiger charge is 2.32. The molecule has 1 atom stereocenters. The molecule has 8 heteroatoms. The van der Waals surface area contributed by atoms with E-state index < -0.39 is 0 Å². The maximum atomic E-state index is 11.6. The van der Waals surface area contributed by atoms with Crippen LogP contribution in [0.5, 0.6) is 5.88 Å². The highest BCUT2D eigenvalue weighted by molar-refractivity contribution is 6.30. The molecule has 0 spiro atoms. The first-order chi connectivity index (χ1) is 15.6. The van der Waals surface area contributed by atoms with Crippen molar-refractivity contribution in [3.05, 3.63) is 64.8 Å². The van der Waals surface area contributed by atoms with Crippen LogP contribution in [0.25, 0.3) is 5.69 Å². The van der Waals surface area contributed by atoms with Gasteiger partial charge < -0.3 is 9.47 Å². The Morgan fingerprint density at radius 1 is 1.06 bits per heavy atom. The Kier molecular flexibility index (Phi) is 5.83. The molecule has 1 fully saturated rings. The topological polar surface area (TPSA) is 79.1 Å². The molecule has 7 nitrogen and oxygen atoms in total. The van der Waals surface area contributed by atoms with Crippen molar-refractivity contribution in [2.45, 2.75) is 63.6 Å². The van der Waals surface area contributed by atoms with Crippen LogP contribution in [0.3, 0.4) is 0 Å². The zero-order chi connectivity index (χ0) is 22.1. The van der Waals surface area contributed by atoms with E-state index in [0.29, 0.717) is 23.7 Å². The number of hydrogen-bond donors (Lipinski definition) is 0. The van der Waals surface area contributed by atoms with Crippen LogP contribution in [0.15, 0.2) is 42.6 Å². The van der Waals surface area contributed by atoms with Gasteiger partial charge in [0.2, 0.25) is 5.88 Å². The zero-order valence-corrected chi connectivity index (χ0v) is 18.7. The Bertz CT molecular complexity index is 1110. The van der Waals surface area contributed by atoms with Crippen molar-refractivity contribution in [3.8, 4) is 11.6 Å². The normalized spacial score (nSPS) is 22.4. The summed E-state index contributed by atoms with van der Waals surface area (Å²) in [5, 5.41) is 9.76. The first-order valence-corrected chi connectivity index (χ1v) is 11.4. The summed E-state index contributed by atoms with van der Waals surface area (Å²) in [7, 11) is 0. The second-order valence-electron chi connectivity index (χ2n) is 8.48. The predicted molar refractivity (Wildman–Crippen MR) is 119 cm³/mol. The SMILES string of the molecule is CC(=O)OC1Cc2cc(Cl)ccc2-n2c(nnc2[C@H]2CC[C@H](Oc3ccccn3)CC2)C1. The summed E-state index contributed by atoms with van der Waals surface area (Å²) in [5.41, 5.74) is 2.06. The van der Waals surface area contributed by atoms with Crippen LogP contribution >= 0.6 is 11.6 Å². The van der Waals surface area contributed by atoms with Gasteiger partial charge in [0.25, 0.3) is 0 Å². The second-order valence-corrected chi connectivity index (χ2v) is 8.92. The summed E-state index contributed by atoms with van der Waals surface area (Å²) in [4.78, 5) is 15.9. The van der Waals surface area contributed by atoms with Gasteiger partial charge in [0, 0.05) is 43.0 Å². The molecule has 3 heterocycles. The summed E-state index contributed by atoms with van der Waals surface area (Å²) >= 11 is 6.29. The molecule has 1 saturated carbocycles. The summed E-state index contributed by atoms with van der Waals surface area (Å²) in [6, 6.07) is 11.6. The highest BCUT2D eigenvalue weighted by atomic mass is 35.5. The Hall–Kier alpha value is -2.93. The van der Waals surface area contributed by atoms with Gasteiger partial charge in [-0.1, -0.05) is 17.7 Å². The van der Waals surface area contributed by atoms with Crippen molar-refractivity contribution >= 4 is 17.6 Å². The summed E-state index contributed by atoms with van der Waals surface area (Å²) in [5.74, 6) is 2.45. The second kappa shape index (κ2) is 8.90. The van der Waals surface area contributed by atoms with E-state index in [-0.39, 0.29) is 24.1 Å². The Morgan fingerprint density at radius 3 is 2.66 bits per heavy atom. The fourth-order valence-electron chi connectivity index (χ4n) is 4.79. The number of pyridine rings is 1. The van der Waals surface area contributed by atoms with Crippen LogP contribution in [0.2, 0.25) is 5.02 Å². The van der Waals surface area contributed by atoms with E-state index in [2.05, 4.69) is 19.7 Å². The van der Waals surface area contributed by atoms with Crippen molar-refractivity contribution in [1.82, 2.24) is 19.7 Å². The molecule has 0 saturated heterocycles. The molecule has 2 aliphatic rings. The van der Waals surface area contributed by atoms with Gasteiger partial charge in [0.15, 0.2) is 0 Å². The number of ether oxygens (including phenoxy) is 2. The molecule has 166 valence electrons. The van der Waals surface area contributed by atoms with E-state index >= 15 is 0 Å². The van der Waals surface area contributed by atoms with Gasteiger partial charge in [0.05, 0.1) is 5.69 Å². The maximum Gasteiger partial charge on any atom is 0.302 e. The van der Waals surface area contributed by atoms with E-state index in [0.717, 1.165) is 48.6 Å². The third-order valence-corrected chi connectivity index (χ3v) is 6.43. The van der Waals surface area contributed by atoms with Crippen molar-refractivity contribution in [2.24, 2.45) is 0 Å². The van der Waals surface area contributed by atoms with Gasteiger partial charge in [-0.05, 0) is 55.5 Å². The Labute approximate surface area is 191 Å². The number of halogens is 1. The van der Waals surface area contributed by atoms with Crippen molar-refractivity contribution in [2.75, 3.05) is 0 Å². The average Bonchev–Trinajstić information content (AvgIpc) is 3.11. The fourth-order valence-corrected chi connectivity index (χ4v) is 4.99. The molecule has 0 bridgehead atoms. The number of esters is 1. The van der Waals surface area contributed by atoms with E-state index in [1.165, 1.54) is 6.92 Å². The molecular weight excluding hydrogens is 428 g/mol. The van der Waals surface area contributed by atoms with E-state index in [4.69, 9.17) is 21.1 Å². The number of nitrogens with zero attached hydrogens (tertiary/aromatic N) is 4. The third kappa shape index (κ3) is 4.35. The number of carbonyl (C=O) groups is 1. The minimum absolute atomic E-state index is 0.159. The summed E-state index contributed by atoms with van der Waals surface area (Å²) < 4.78 is 13.8. The van der Waals surface area contributed by atoms with Gasteiger partial charge in [-0.2, -0.15) is 0 Å². The first-order valence-electron chi connectivity index (χ1n) is 11.0. The molecule has 0 radical (unpaired) electrons. The standard InChI is InChI=1S/C24H25ClN4O3/c1-15(30)31-20-13-17-12-18(25)7-10-21(17)29-22(14-20)27-28-24(29)16-5-8-19(9-6-16)32-23-4-2-3-11-26-23/h2-4,7,10-12,16,19-20H,5-6,8-9,13-14H2,1H3/t16-,19-,20?. The van der Waals surface area contributed by atoms with Gasteiger partial charge in [-0.25, -0.2) is 4.98 Å². The number of aromatic nitrogens is 4. The number of carbonyl (C=O) groups excluding carboxylic acids is 1. The molecule has 2 aromatic heterocycles. The molecular formula is C24H25ClN4O3. The highest BCUT2D eigenvalue weighted by Crippen LogP contribution is 2.37. The lowest BCUT2D eigenvalue weighted by Crippen LogP contribution is -2.25. The molecule has 1 aromatic carbocycles. The lowest BCUT2D eigenvalue weighted by atomic mass is 9.86. The number of hydrogen-bond acceptors (Lipinski definition) is 6. The molecule has 1 aliphatic heterocycles. The molecule has 1 unspecified atom stereocenters. The van der Waals surface area contributed by atoms with Crippen LogP contribution in [0.4, 0.5) is 0 Å². The van der Waals surface area contributed by atoms with E-state index in [1.807, 2.05) is 36.4 Å². The predicted octanol–water partition coefficient (Wildman–Crippen LogP) is 4.45. The van der Waals surface area contributed by atoms with Gasteiger partial charge in [0.1, 0.15) is 23.9 Å². The summed E-state index contributed by atoms with van der Waals surface area (Å²) in [6.45, 7) is 1.44. The number of benzene rings is 1. The third-order valence-electron chi connectivity index (χ3n) is 6.19. The molecule has 5 rings (SSSR count). The van der Waals surface area contributed by atoms with Crippen LogP contribution in [-0.2, 0) is 22.4 Å². The molecule has 0 N–H and O–H groups in total. The Morgan fingerprint density at radius 2 is 1.91 bits per heavy atom. The van der Waals surface area contributed by atoms with Gasteiger partial charge >= 0.3 is 5.97 Å². The maximum absolute atomic E-state index is 11.6. The number of rotatable bonds is 4. The van der Waals surface area contributed by atoms with E-state index in [1.54, 1.807) is 6.20 Å². The van der Waals surface area contributed by atoms with Crippen LogP contribution in [-0.4, -0.2) is 37.9 Å². The lowest BCUT2D eigenvalue weighted by molar-refractivity contribution is -0.146. The van der Waals surface area contributed by atoms with Gasteiger partial charge in [-0.15, -0.1) is 10.2 Å². The van der Waals surface area contributed by atoms with Crippen LogP contribution in [0.1, 0.15) is 55.7 Å². The van der Waals surface area contributed by atoms with E-state index in [9.17, 15) is 4.79 Å². The minimum atomic E-state index is -0.294. The van der Waals surface area contributed by atoms with Crippen molar-refractivity contribution < 1.29 is 14.3 Å². The fraction of sp³-hybridized carbons (Fsp3) is 0.417. The largest absolute Gasteiger partial charge is 0.474 e. The average molecular weight is 453 g/mol. The van der Waals surface area contributed by atoms with Gasteiger partial charge in [-0.3, -0.25) is 9.36 Å². The molecule has 3 aromatic rings. The zero-order valence-electron chi connectivity index (χ0n) is 17.9. The van der Waals surface area contributed by atoms with Crippen molar-refractivity contribution in [1.29, 1.82) is 0 Å². The van der Waals surface area contributed by atoms with Crippen molar-refractivity contribution in [3.63, 3.8) is 0 Å². The van der Waals surface area contributed by atoms with Crippen LogP contribution < -0.4 is 4.74 Å². The summed E-state index contributed by atoms with van der Waals surface area (Å²) in [6.07, 6.45) is 6.55. The Balaban J connectivity index is 1.39. The quantitative estimate of drug-likeness (QED) is 0.544. The smallest absolute Gasteiger partial charge is 0.302 e. The lowest BCUT2D eigenvalue weighted by Gasteiger charge is -2.28. The van der Waals surface area contributed by atoms with Crippen LogP contribution in [0, 0.1) is 0 Å². The molecule has 0 amide bonds. The first kappa shape index (κ1) is 20.9. The minimum Gasteiger partial charge on any atom is -0.474 e. The number of fused-ring (bicyclic) bond motifs is 3. The molecule has 1 aliphatic carbocycles. The monoisotopic (exact) mass is 452 g/mol.